The number of carboxylic acids is 1. The van der Waals surface area contributed by atoms with Crippen molar-refractivity contribution >= 4 is 12.0 Å². The van der Waals surface area contributed by atoms with Gasteiger partial charge in [0.1, 0.15) is 11.9 Å². The van der Waals surface area contributed by atoms with Crippen LogP contribution in [0.5, 0.6) is 5.75 Å². The summed E-state index contributed by atoms with van der Waals surface area (Å²) in [6.07, 6.45) is 6.12. The van der Waals surface area contributed by atoms with Gasteiger partial charge >= 0.3 is 5.97 Å². The van der Waals surface area contributed by atoms with Gasteiger partial charge in [-0.1, -0.05) is 81.8 Å². The van der Waals surface area contributed by atoms with Gasteiger partial charge in [0.25, 0.3) is 0 Å². The van der Waals surface area contributed by atoms with Crippen molar-refractivity contribution in [3.05, 3.63) is 106 Å². The van der Waals surface area contributed by atoms with Crippen LogP contribution in [0.2, 0.25) is 0 Å². The standard InChI is InChI=1S/C31H34O3/c1-21-6-14-25(15-7-21)34-28(17-10-22-8-11-23(12-9-22)29(32)33)24-13-16-26-27(20-24)31(4,5)19-18-30(26,2)3/h6-17,20,28H,18-19H2,1-5H3,(H,32,33). The number of hydrogen-bond donors (Lipinski definition) is 1. The molecule has 0 saturated heterocycles. The van der Waals surface area contributed by atoms with Gasteiger partial charge in [-0.15, -0.1) is 0 Å². The minimum atomic E-state index is -0.921. The monoisotopic (exact) mass is 454 g/mol. The fraction of sp³-hybridized carbons (Fsp3) is 0.323. The zero-order valence-corrected chi connectivity index (χ0v) is 20.8. The smallest absolute Gasteiger partial charge is 0.335 e. The molecule has 1 atom stereocenters. The van der Waals surface area contributed by atoms with E-state index in [1.165, 1.54) is 23.1 Å². The Morgan fingerprint density at radius 3 is 2.12 bits per heavy atom. The highest BCUT2D eigenvalue weighted by Gasteiger charge is 2.37. The van der Waals surface area contributed by atoms with Crippen molar-refractivity contribution in [2.45, 2.75) is 64.4 Å². The maximum Gasteiger partial charge on any atom is 0.335 e. The second-order valence-corrected chi connectivity index (χ2v) is 10.7. The lowest BCUT2D eigenvalue weighted by molar-refractivity contribution is 0.0697. The number of fused-ring (bicyclic) bond motifs is 1. The van der Waals surface area contributed by atoms with Gasteiger partial charge in [0.15, 0.2) is 0 Å². The van der Waals surface area contributed by atoms with E-state index in [4.69, 9.17) is 9.84 Å². The van der Waals surface area contributed by atoms with Gasteiger partial charge in [-0.2, -0.15) is 0 Å². The van der Waals surface area contributed by atoms with Crippen molar-refractivity contribution in [2.24, 2.45) is 0 Å². The van der Waals surface area contributed by atoms with E-state index in [1.54, 1.807) is 12.1 Å². The molecule has 176 valence electrons. The van der Waals surface area contributed by atoms with Crippen molar-refractivity contribution in [3.63, 3.8) is 0 Å². The highest BCUT2D eigenvalue weighted by atomic mass is 16.5. The third-order valence-electron chi connectivity index (χ3n) is 7.11. The molecule has 0 radical (unpaired) electrons. The first-order chi connectivity index (χ1) is 16.0. The Bertz CT molecular complexity index is 1200. The molecule has 3 nitrogen and oxygen atoms in total. The molecule has 34 heavy (non-hydrogen) atoms. The maximum absolute atomic E-state index is 11.2. The molecule has 0 amide bonds. The zero-order chi connectivity index (χ0) is 24.5. The van der Waals surface area contributed by atoms with Gasteiger partial charge in [-0.3, -0.25) is 0 Å². The molecule has 0 aliphatic heterocycles. The topological polar surface area (TPSA) is 46.5 Å². The number of ether oxygens (including phenoxy) is 1. The molecule has 1 N–H and O–H groups in total. The first-order valence-corrected chi connectivity index (χ1v) is 11.9. The molecule has 0 bridgehead atoms. The molecule has 0 fully saturated rings. The molecular formula is C31H34O3. The van der Waals surface area contributed by atoms with E-state index in [-0.39, 0.29) is 22.5 Å². The van der Waals surface area contributed by atoms with Crippen LogP contribution in [-0.2, 0) is 10.8 Å². The summed E-state index contributed by atoms with van der Waals surface area (Å²) in [4.78, 5) is 11.2. The minimum absolute atomic E-state index is 0.117. The third-order valence-corrected chi connectivity index (χ3v) is 7.11. The number of hydrogen-bond acceptors (Lipinski definition) is 2. The fourth-order valence-electron chi connectivity index (χ4n) is 4.70. The largest absolute Gasteiger partial charge is 0.482 e. The number of carboxylic acid groups (broad SMARTS) is 1. The SMILES string of the molecule is Cc1ccc(OC(C=Cc2ccc(C(=O)O)cc2)c2ccc3c(c2)C(C)(C)CCC3(C)C)cc1. The molecule has 4 rings (SSSR count). The first-order valence-electron chi connectivity index (χ1n) is 11.9. The second-order valence-electron chi connectivity index (χ2n) is 10.7. The molecule has 1 aliphatic carbocycles. The van der Waals surface area contributed by atoms with Crippen LogP contribution in [0.3, 0.4) is 0 Å². The summed E-state index contributed by atoms with van der Waals surface area (Å²) in [5.41, 5.74) is 6.63. The van der Waals surface area contributed by atoms with Crippen LogP contribution in [-0.4, -0.2) is 11.1 Å². The Kier molecular flexibility index (Phi) is 6.40. The normalized spacial score (nSPS) is 17.2. The third kappa shape index (κ3) is 5.09. The number of carbonyl (C=O) groups is 1. The van der Waals surface area contributed by atoms with Crippen LogP contribution < -0.4 is 4.74 Å². The summed E-state index contributed by atoms with van der Waals surface area (Å²) in [6.45, 7) is 11.4. The Morgan fingerprint density at radius 1 is 0.882 bits per heavy atom. The molecule has 0 heterocycles. The van der Waals surface area contributed by atoms with Gasteiger partial charge in [0, 0.05) is 0 Å². The maximum atomic E-state index is 11.2. The van der Waals surface area contributed by atoms with Crippen LogP contribution in [0.1, 0.15) is 84.8 Å². The van der Waals surface area contributed by atoms with E-state index in [2.05, 4.69) is 71.0 Å². The van der Waals surface area contributed by atoms with Crippen molar-refractivity contribution in [1.82, 2.24) is 0 Å². The van der Waals surface area contributed by atoms with Crippen molar-refractivity contribution < 1.29 is 14.6 Å². The van der Waals surface area contributed by atoms with E-state index >= 15 is 0 Å². The molecule has 3 heteroatoms. The quantitative estimate of drug-likeness (QED) is 0.412. The number of aryl methyl sites for hydroxylation is 1. The number of rotatable bonds is 6. The summed E-state index contributed by atoms with van der Waals surface area (Å²) in [7, 11) is 0. The molecule has 1 aliphatic rings. The summed E-state index contributed by atoms with van der Waals surface area (Å²) in [6, 6.07) is 21.8. The Hall–Kier alpha value is -3.33. The molecule has 3 aromatic carbocycles. The Labute approximate surface area is 203 Å². The minimum Gasteiger partial charge on any atom is -0.482 e. The van der Waals surface area contributed by atoms with Crippen molar-refractivity contribution in [1.29, 1.82) is 0 Å². The van der Waals surface area contributed by atoms with Gasteiger partial charge in [0.05, 0.1) is 5.56 Å². The van der Waals surface area contributed by atoms with E-state index in [9.17, 15) is 4.79 Å². The van der Waals surface area contributed by atoms with E-state index in [0.717, 1.165) is 23.3 Å². The number of aromatic carboxylic acids is 1. The van der Waals surface area contributed by atoms with Crippen molar-refractivity contribution in [3.8, 4) is 5.75 Å². The van der Waals surface area contributed by atoms with Crippen LogP contribution in [0.4, 0.5) is 0 Å². The second kappa shape index (κ2) is 9.13. The molecule has 3 aromatic rings. The average Bonchev–Trinajstić information content (AvgIpc) is 2.81. The average molecular weight is 455 g/mol. The van der Waals surface area contributed by atoms with Crippen molar-refractivity contribution in [2.75, 3.05) is 0 Å². The van der Waals surface area contributed by atoms with Gasteiger partial charge in [0.2, 0.25) is 0 Å². The lowest BCUT2D eigenvalue weighted by Gasteiger charge is -2.42. The first kappa shape index (κ1) is 23.8. The summed E-state index contributed by atoms with van der Waals surface area (Å²) in [5.74, 6) is -0.102. The van der Waals surface area contributed by atoms with Crippen LogP contribution in [0.15, 0.2) is 72.8 Å². The molecule has 0 saturated carbocycles. The van der Waals surface area contributed by atoms with Crippen LogP contribution in [0.25, 0.3) is 6.08 Å². The van der Waals surface area contributed by atoms with Crippen LogP contribution >= 0.6 is 0 Å². The predicted octanol–water partition coefficient (Wildman–Crippen LogP) is 7.88. The van der Waals surface area contributed by atoms with Gasteiger partial charge in [-0.25, -0.2) is 4.79 Å². The Balaban J connectivity index is 1.72. The van der Waals surface area contributed by atoms with Gasteiger partial charge in [-0.05, 0) is 83.2 Å². The molecule has 1 unspecified atom stereocenters. The summed E-state index contributed by atoms with van der Waals surface area (Å²) in [5, 5.41) is 9.16. The van der Waals surface area contributed by atoms with E-state index in [0.29, 0.717) is 0 Å². The lowest BCUT2D eigenvalue weighted by Crippen LogP contribution is -2.34. The highest BCUT2D eigenvalue weighted by Crippen LogP contribution is 2.46. The zero-order valence-electron chi connectivity index (χ0n) is 20.8. The van der Waals surface area contributed by atoms with Gasteiger partial charge < -0.3 is 9.84 Å². The fourth-order valence-corrected chi connectivity index (χ4v) is 4.70. The molecule has 0 spiro atoms. The van der Waals surface area contributed by atoms with Crippen LogP contribution in [0, 0.1) is 6.92 Å². The summed E-state index contributed by atoms with van der Waals surface area (Å²) >= 11 is 0. The molecule has 0 aromatic heterocycles. The molecular weight excluding hydrogens is 420 g/mol. The predicted molar refractivity (Wildman–Crippen MR) is 139 cm³/mol. The lowest BCUT2D eigenvalue weighted by atomic mass is 9.63. The number of benzene rings is 3. The van der Waals surface area contributed by atoms with E-state index < -0.39 is 5.97 Å². The van der Waals surface area contributed by atoms with E-state index in [1.807, 2.05) is 30.3 Å². The summed E-state index contributed by atoms with van der Waals surface area (Å²) < 4.78 is 6.47. The highest BCUT2D eigenvalue weighted by molar-refractivity contribution is 5.87. The Morgan fingerprint density at radius 2 is 1.50 bits per heavy atom.